The lowest BCUT2D eigenvalue weighted by atomic mass is 10.7. The molecule has 0 aliphatic rings. The molecule has 1 nitrogen and oxygen atoms in total. The van der Waals surface area contributed by atoms with Crippen molar-refractivity contribution in [3.8, 4) is 0 Å². The average molecular weight is 167 g/mol. The van der Waals surface area contributed by atoms with Crippen molar-refractivity contribution in [2.75, 3.05) is 0 Å². The van der Waals surface area contributed by atoms with Crippen LogP contribution in [0.25, 0.3) is 0 Å². The summed E-state index contributed by atoms with van der Waals surface area (Å²) in [5, 5.41) is 0. The van der Waals surface area contributed by atoms with Crippen LogP contribution in [0.2, 0.25) is 0 Å². The van der Waals surface area contributed by atoms with Gasteiger partial charge in [0.1, 0.15) is 0 Å². The second kappa shape index (κ2) is 3.09. The van der Waals surface area contributed by atoms with Crippen molar-refractivity contribution < 1.29 is 31.1 Å². The van der Waals surface area contributed by atoms with Crippen LogP contribution in [0.1, 0.15) is 0 Å². The molecule has 0 aromatic carbocycles. The van der Waals surface area contributed by atoms with Crippen molar-refractivity contribution in [3.05, 3.63) is 6.61 Å². The third-order valence-electron chi connectivity index (χ3n) is 0.450. The molecule has 0 fully saturated rings. The van der Waals surface area contributed by atoms with Gasteiger partial charge in [0.15, 0.2) is 0 Å². The Morgan fingerprint density at radius 2 is 1.60 bits per heavy atom. The summed E-state index contributed by atoms with van der Waals surface area (Å²) >= 11 is 0. The Morgan fingerprint density at radius 1 is 1.20 bits per heavy atom. The molecular formula is C3HF6O. The topological polar surface area (TPSA) is 9.23 Å². The zero-order chi connectivity index (χ0) is 8.36. The first-order valence-electron chi connectivity index (χ1n) is 1.89. The summed E-state index contributed by atoms with van der Waals surface area (Å²) < 4.78 is 68.1. The number of halogens is 6. The van der Waals surface area contributed by atoms with E-state index in [0.29, 0.717) is 0 Å². The summed E-state index contributed by atoms with van der Waals surface area (Å²) in [6.07, 6.45) is -9.35. The molecule has 1 atom stereocenters. The molecule has 0 aliphatic heterocycles. The Labute approximate surface area is 51.6 Å². The molecule has 0 heterocycles. The van der Waals surface area contributed by atoms with Crippen molar-refractivity contribution >= 4 is 0 Å². The van der Waals surface area contributed by atoms with E-state index >= 15 is 0 Å². The summed E-state index contributed by atoms with van der Waals surface area (Å²) in [7, 11) is 0. The lowest BCUT2D eigenvalue weighted by molar-refractivity contribution is -0.281. The Morgan fingerprint density at radius 3 is 1.70 bits per heavy atom. The Bertz CT molecular complexity index is 97.7. The van der Waals surface area contributed by atoms with Crippen molar-refractivity contribution in [1.82, 2.24) is 0 Å². The first-order valence-corrected chi connectivity index (χ1v) is 1.89. The predicted molar refractivity (Wildman–Crippen MR) is 17.5 cm³/mol. The van der Waals surface area contributed by atoms with Crippen molar-refractivity contribution in [1.29, 1.82) is 0 Å². The minimum Gasteiger partial charge on any atom is -0.270 e. The van der Waals surface area contributed by atoms with Gasteiger partial charge in [-0.15, -0.1) is 0 Å². The fourth-order valence-corrected chi connectivity index (χ4v) is 0.145. The molecule has 0 rings (SSSR count). The van der Waals surface area contributed by atoms with Gasteiger partial charge in [0.25, 0.3) is 6.36 Å². The van der Waals surface area contributed by atoms with Crippen molar-refractivity contribution in [2.45, 2.75) is 12.5 Å². The molecule has 7 heteroatoms. The second-order valence-electron chi connectivity index (χ2n) is 1.20. The average Bonchev–Trinajstić information content (AvgIpc) is 1.60. The highest BCUT2D eigenvalue weighted by Crippen LogP contribution is 2.26. The normalized spacial score (nSPS) is 15.9. The lowest BCUT2D eigenvalue weighted by Gasteiger charge is -2.10. The third kappa shape index (κ3) is 3.54. The Balaban J connectivity index is 3.73. The summed E-state index contributed by atoms with van der Waals surface area (Å²) in [4.78, 5) is 0. The van der Waals surface area contributed by atoms with Crippen molar-refractivity contribution in [2.24, 2.45) is 0 Å². The van der Waals surface area contributed by atoms with E-state index in [2.05, 4.69) is 4.74 Å². The molecule has 0 aromatic heterocycles. The molecule has 0 aromatic rings. The lowest BCUT2D eigenvalue weighted by Crippen LogP contribution is -2.27. The fraction of sp³-hybridized carbons (Fsp3) is 0.667. The van der Waals surface area contributed by atoms with Gasteiger partial charge in [-0.3, -0.25) is 4.74 Å². The van der Waals surface area contributed by atoms with Crippen LogP contribution >= 0.6 is 0 Å². The Hall–Kier alpha value is -0.460. The van der Waals surface area contributed by atoms with E-state index in [-0.39, 0.29) is 0 Å². The predicted octanol–water partition coefficient (Wildman–Crippen LogP) is 2.25. The van der Waals surface area contributed by atoms with Crippen LogP contribution in [-0.2, 0) is 4.74 Å². The quantitative estimate of drug-likeness (QED) is 0.573. The maximum atomic E-state index is 11.3. The standard InChI is InChI=1S/C3HF6O/c4-1(3(7,8)9)10-2(5)6/h1H. The van der Waals surface area contributed by atoms with E-state index in [1.165, 1.54) is 0 Å². The van der Waals surface area contributed by atoms with Crippen LogP contribution < -0.4 is 0 Å². The van der Waals surface area contributed by atoms with E-state index in [1.807, 2.05) is 0 Å². The first-order chi connectivity index (χ1) is 4.34. The molecule has 0 bridgehead atoms. The van der Waals surface area contributed by atoms with Gasteiger partial charge >= 0.3 is 12.8 Å². The fourth-order valence-electron chi connectivity index (χ4n) is 0.145. The maximum absolute atomic E-state index is 11.3. The zero-order valence-electron chi connectivity index (χ0n) is 4.25. The highest BCUT2D eigenvalue weighted by Gasteiger charge is 2.43. The van der Waals surface area contributed by atoms with E-state index in [1.54, 1.807) is 0 Å². The van der Waals surface area contributed by atoms with Crippen molar-refractivity contribution in [3.63, 3.8) is 0 Å². The van der Waals surface area contributed by atoms with E-state index in [9.17, 15) is 26.3 Å². The summed E-state index contributed by atoms with van der Waals surface area (Å²) in [5.41, 5.74) is 0. The number of hydrogen-bond acceptors (Lipinski definition) is 1. The highest BCUT2D eigenvalue weighted by atomic mass is 19.4. The molecule has 0 N–H and O–H groups in total. The molecule has 1 unspecified atom stereocenters. The van der Waals surface area contributed by atoms with Gasteiger partial charge in [-0.25, -0.2) is 4.39 Å². The Kier molecular flexibility index (Phi) is 2.95. The molecule has 0 spiro atoms. The minimum absolute atomic E-state index is 2.41. The zero-order valence-corrected chi connectivity index (χ0v) is 4.25. The molecular weight excluding hydrogens is 166 g/mol. The summed E-state index contributed by atoms with van der Waals surface area (Å²) in [5.74, 6) is 0. The minimum atomic E-state index is -5.40. The monoisotopic (exact) mass is 167 g/mol. The molecule has 61 valence electrons. The van der Waals surface area contributed by atoms with Crippen LogP contribution in [0, 0.1) is 6.61 Å². The largest absolute Gasteiger partial charge is 0.451 e. The maximum Gasteiger partial charge on any atom is 0.451 e. The van der Waals surface area contributed by atoms with E-state index < -0.39 is 19.1 Å². The van der Waals surface area contributed by atoms with Gasteiger partial charge in [0, 0.05) is 0 Å². The molecule has 0 amide bonds. The third-order valence-corrected chi connectivity index (χ3v) is 0.450. The van der Waals surface area contributed by atoms with Gasteiger partial charge in [0.2, 0.25) is 0 Å². The molecule has 10 heavy (non-hydrogen) atoms. The number of hydrogen-bond donors (Lipinski definition) is 0. The van der Waals surface area contributed by atoms with E-state index in [0.717, 1.165) is 0 Å². The number of rotatable bonds is 2. The SMILES string of the molecule is F[C](F)OC(F)C(F)(F)F. The van der Waals surface area contributed by atoms with Crippen LogP contribution in [0.15, 0.2) is 0 Å². The summed E-state index contributed by atoms with van der Waals surface area (Å²) in [6.45, 7) is -3.05. The van der Waals surface area contributed by atoms with Gasteiger partial charge in [-0.1, -0.05) is 0 Å². The molecule has 0 saturated heterocycles. The van der Waals surface area contributed by atoms with Gasteiger partial charge in [-0.05, 0) is 0 Å². The second-order valence-corrected chi connectivity index (χ2v) is 1.20. The number of ether oxygens (including phenoxy) is 1. The number of alkyl halides is 4. The van der Waals surface area contributed by atoms with Crippen LogP contribution in [0.5, 0.6) is 0 Å². The van der Waals surface area contributed by atoms with Gasteiger partial charge < -0.3 is 0 Å². The first kappa shape index (κ1) is 9.54. The molecule has 1 radical (unpaired) electrons. The van der Waals surface area contributed by atoms with Crippen LogP contribution in [0.3, 0.4) is 0 Å². The van der Waals surface area contributed by atoms with E-state index in [4.69, 9.17) is 0 Å². The van der Waals surface area contributed by atoms with Crippen LogP contribution in [0.4, 0.5) is 26.3 Å². The summed E-state index contributed by atoms with van der Waals surface area (Å²) in [6, 6.07) is 0. The van der Waals surface area contributed by atoms with Crippen LogP contribution in [-0.4, -0.2) is 12.5 Å². The van der Waals surface area contributed by atoms with Gasteiger partial charge in [-0.2, -0.15) is 22.0 Å². The molecule has 0 saturated carbocycles. The molecule has 0 aliphatic carbocycles. The highest BCUT2D eigenvalue weighted by molar-refractivity contribution is 4.56. The van der Waals surface area contributed by atoms with Gasteiger partial charge in [0.05, 0.1) is 0 Å². The smallest absolute Gasteiger partial charge is 0.270 e.